The second kappa shape index (κ2) is 5.87. The number of aryl methyl sites for hydroxylation is 1. The maximum absolute atomic E-state index is 5.57. The van der Waals surface area contributed by atoms with Crippen LogP contribution >= 0.6 is 0 Å². The molecule has 2 aromatic heterocycles. The van der Waals surface area contributed by atoms with Crippen LogP contribution in [-0.2, 0) is 13.1 Å². The topological polar surface area (TPSA) is 43.0 Å². The first-order valence-corrected chi connectivity index (χ1v) is 6.46. The predicted octanol–water partition coefficient (Wildman–Crippen LogP) is 2.64. The van der Waals surface area contributed by atoms with Crippen LogP contribution in [0.3, 0.4) is 0 Å². The van der Waals surface area contributed by atoms with E-state index in [2.05, 4.69) is 28.7 Å². The largest absolute Gasteiger partial charge is 0.467 e. The molecule has 2 aromatic rings. The first-order chi connectivity index (χ1) is 8.72. The van der Waals surface area contributed by atoms with E-state index in [0.29, 0.717) is 0 Å². The molecule has 1 N–H and O–H groups in total. The third kappa shape index (κ3) is 2.82. The van der Waals surface area contributed by atoms with Crippen LogP contribution in [0, 0.1) is 13.8 Å². The molecular weight excluding hydrogens is 226 g/mol. The van der Waals surface area contributed by atoms with Crippen LogP contribution in [0.25, 0.3) is 0 Å². The Morgan fingerprint density at radius 2 is 2.22 bits per heavy atom. The number of rotatable bonds is 6. The van der Waals surface area contributed by atoms with Crippen LogP contribution in [0.5, 0.6) is 0 Å². The molecule has 0 unspecified atom stereocenters. The summed E-state index contributed by atoms with van der Waals surface area (Å²) in [7, 11) is 0. The number of nitrogens with zero attached hydrogens (tertiary/aromatic N) is 2. The Bertz CT molecular complexity index is 499. The average molecular weight is 247 g/mol. The molecule has 0 spiro atoms. The van der Waals surface area contributed by atoms with E-state index in [-0.39, 0.29) is 0 Å². The molecule has 0 saturated carbocycles. The number of nitrogens with one attached hydrogen (secondary N) is 1. The summed E-state index contributed by atoms with van der Waals surface area (Å²) in [4.78, 5) is 4.31. The molecule has 0 aromatic carbocycles. The fourth-order valence-electron chi connectivity index (χ4n) is 1.92. The number of hydrogen-bond donors (Lipinski definition) is 1. The minimum Gasteiger partial charge on any atom is -0.467 e. The van der Waals surface area contributed by atoms with E-state index in [0.717, 1.165) is 37.5 Å². The van der Waals surface area contributed by atoms with Gasteiger partial charge in [0.2, 0.25) is 0 Å². The van der Waals surface area contributed by atoms with Crippen molar-refractivity contribution in [3.8, 4) is 0 Å². The molecule has 0 saturated heterocycles. The van der Waals surface area contributed by atoms with Crippen LogP contribution in [0.4, 0.5) is 0 Å². The fourth-order valence-corrected chi connectivity index (χ4v) is 1.92. The van der Waals surface area contributed by atoms with Gasteiger partial charge >= 0.3 is 0 Å². The molecule has 0 radical (unpaired) electrons. The number of hydrogen-bond acceptors (Lipinski definition) is 3. The zero-order valence-corrected chi connectivity index (χ0v) is 11.4. The van der Waals surface area contributed by atoms with Gasteiger partial charge in [0.05, 0.1) is 24.8 Å². The smallest absolute Gasteiger partial charge is 0.127 e. The SMILES string of the molecule is CCCNCc1ccoc1Cn1cnc(C)c1C. The van der Waals surface area contributed by atoms with E-state index < -0.39 is 0 Å². The normalized spacial score (nSPS) is 11.1. The van der Waals surface area contributed by atoms with E-state index in [9.17, 15) is 0 Å². The lowest BCUT2D eigenvalue weighted by molar-refractivity contribution is 0.483. The van der Waals surface area contributed by atoms with E-state index in [4.69, 9.17) is 4.42 Å². The number of aromatic nitrogens is 2. The van der Waals surface area contributed by atoms with Crippen LogP contribution in [0.15, 0.2) is 23.1 Å². The average Bonchev–Trinajstić information content (AvgIpc) is 2.92. The van der Waals surface area contributed by atoms with Gasteiger partial charge in [-0.3, -0.25) is 0 Å². The lowest BCUT2D eigenvalue weighted by Crippen LogP contribution is -2.15. The second-order valence-corrected chi connectivity index (χ2v) is 4.59. The highest BCUT2D eigenvalue weighted by molar-refractivity contribution is 5.19. The molecule has 0 bridgehead atoms. The van der Waals surface area contributed by atoms with Gasteiger partial charge in [0.25, 0.3) is 0 Å². The van der Waals surface area contributed by atoms with Crippen LogP contribution < -0.4 is 5.32 Å². The van der Waals surface area contributed by atoms with Gasteiger partial charge in [-0.1, -0.05) is 6.92 Å². The summed E-state index contributed by atoms with van der Waals surface area (Å²) in [6.07, 6.45) is 4.78. The van der Waals surface area contributed by atoms with Gasteiger partial charge in [0.1, 0.15) is 5.76 Å². The minimum atomic E-state index is 0.753. The van der Waals surface area contributed by atoms with Crippen molar-refractivity contribution in [2.45, 2.75) is 40.3 Å². The molecule has 0 amide bonds. The summed E-state index contributed by atoms with van der Waals surface area (Å²) in [5, 5.41) is 3.40. The summed E-state index contributed by atoms with van der Waals surface area (Å²) in [5.41, 5.74) is 3.50. The first kappa shape index (κ1) is 12.9. The van der Waals surface area contributed by atoms with Crippen molar-refractivity contribution in [2.75, 3.05) is 6.54 Å². The Hall–Kier alpha value is -1.55. The quantitative estimate of drug-likeness (QED) is 0.798. The molecular formula is C14H21N3O. The monoisotopic (exact) mass is 247 g/mol. The Morgan fingerprint density at radius 3 is 2.89 bits per heavy atom. The summed E-state index contributed by atoms with van der Waals surface area (Å²) < 4.78 is 7.70. The van der Waals surface area contributed by atoms with Gasteiger partial charge in [0, 0.05) is 17.8 Å². The van der Waals surface area contributed by atoms with Gasteiger partial charge in [-0.15, -0.1) is 0 Å². The van der Waals surface area contributed by atoms with Crippen molar-refractivity contribution in [1.82, 2.24) is 14.9 Å². The molecule has 2 heterocycles. The minimum absolute atomic E-state index is 0.753. The van der Waals surface area contributed by atoms with E-state index in [1.54, 1.807) is 6.26 Å². The van der Waals surface area contributed by atoms with Gasteiger partial charge in [-0.2, -0.15) is 0 Å². The third-order valence-electron chi connectivity index (χ3n) is 3.24. The maximum atomic E-state index is 5.57. The lowest BCUT2D eigenvalue weighted by atomic mass is 10.2. The van der Waals surface area contributed by atoms with Crippen molar-refractivity contribution < 1.29 is 4.42 Å². The van der Waals surface area contributed by atoms with E-state index in [1.165, 1.54) is 11.3 Å². The molecule has 4 nitrogen and oxygen atoms in total. The fraction of sp³-hybridized carbons (Fsp3) is 0.500. The Morgan fingerprint density at radius 1 is 1.39 bits per heavy atom. The lowest BCUT2D eigenvalue weighted by Gasteiger charge is -2.06. The van der Waals surface area contributed by atoms with E-state index >= 15 is 0 Å². The molecule has 4 heteroatoms. The van der Waals surface area contributed by atoms with Crippen molar-refractivity contribution >= 4 is 0 Å². The van der Waals surface area contributed by atoms with Crippen molar-refractivity contribution in [2.24, 2.45) is 0 Å². The predicted molar refractivity (Wildman–Crippen MR) is 71.5 cm³/mol. The Balaban J connectivity index is 2.05. The van der Waals surface area contributed by atoms with Gasteiger partial charge < -0.3 is 14.3 Å². The highest BCUT2D eigenvalue weighted by Crippen LogP contribution is 2.14. The van der Waals surface area contributed by atoms with Crippen LogP contribution in [0.2, 0.25) is 0 Å². The molecule has 0 aliphatic heterocycles. The summed E-state index contributed by atoms with van der Waals surface area (Å²) in [6.45, 7) is 8.93. The van der Waals surface area contributed by atoms with Crippen molar-refractivity contribution in [1.29, 1.82) is 0 Å². The molecule has 0 aliphatic carbocycles. The van der Waals surface area contributed by atoms with Crippen LogP contribution in [0.1, 0.15) is 36.1 Å². The van der Waals surface area contributed by atoms with Gasteiger partial charge in [-0.25, -0.2) is 4.98 Å². The Kier molecular flexibility index (Phi) is 4.20. The summed E-state index contributed by atoms with van der Waals surface area (Å²) in [6, 6.07) is 2.04. The zero-order valence-electron chi connectivity index (χ0n) is 11.4. The van der Waals surface area contributed by atoms with E-state index in [1.807, 2.05) is 19.3 Å². The zero-order chi connectivity index (χ0) is 13.0. The number of imidazole rings is 1. The highest BCUT2D eigenvalue weighted by atomic mass is 16.3. The summed E-state index contributed by atoms with van der Waals surface area (Å²) >= 11 is 0. The van der Waals surface area contributed by atoms with Gasteiger partial charge in [-0.05, 0) is 32.9 Å². The van der Waals surface area contributed by atoms with Crippen molar-refractivity contribution in [3.05, 3.63) is 41.4 Å². The van der Waals surface area contributed by atoms with Crippen LogP contribution in [-0.4, -0.2) is 16.1 Å². The highest BCUT2D eigenvalue weighted by Gasteiger charge is 2.09. The maximum Gasteiger partial charge on any atom is 0.127 e. The van der Waals surface area contributed by atoms with Crippen molar-refractivity contribution in [3.63, 3.8) is 0 Å². The molecule has 98 valence electrons. The second-order valence-electron chi connectivity index (χ2n) is 4.59. The molecule has 18 heavy (non-hydrogen) atoms. The first-order valence-electron chi connectivity index (χ1n) is 6.46. The molecule has 0 aliphatic rings. The molecule has 2 rings (SSSR count). The molecule has 0 atom stereocenters. The summed E-state index contributed by atoms with van der Waals surface area (Å²) in [5.74, 6) is 1.01. The number of furan rings is 1. The third-order valence-corrected chi connectivity index (χ3v) is 3.24. The molecule has 0 fully saturated rings. The standard InChI is InChI=1S/C14H21N3O/c1-4-6-15-8-13-5-7-18-14(13)9-17-10-16-11(2)12(17)3/h5,7,10,15H,4,6,8-9H2,1-3H3. The Labute approximate surface area is 108 Å². The van der Waals surface area contributed by atoms with Gasteiger partial charge in [0.15, 0.2) is 0 Å².